The van der Waals surface area contributed by atoms with E-state index in [9.17, 15) is 13.4 Å². The molecule has 0 spiro atoms. The lowest BCUT2D eigenvalue weighted by Crippen LogP contribution is -2.46. The highest BCUT2D eigenvalue weighted by Gasteiger charge is 2.41. The first-order valence-corrected chi connectivity index (χ1v) is 13.4. The van der Waals surface area contributed by atoms with Crippen molar-refractivity contribution in [3.8, 4) is 5.75 Å². The van der Waals surface area contributed by atoms with Gasteiger partial charge < -0.3 is 19.1 Å². The van der Waals surface area contributed by atoms with E-state index in [1.807, 2.05) is 18.7 Å². The van der Waals surface area contributed by atoms with E-state index in [4.69, 9.17) is 19.3 Å². The van der Waals surface area contributed by atoms with Gasteiger partial charge >= 0.3 is 0 Å². The van der Waals surface area contributed by atoms with Crippen LogP contribution < -0.4 is 9.88 Å². The molecule has 9 heteroatoms. The van der Waals surface area contributed by atoms with Gasteiger partial charge in [0, 0.05) is 18.7 Å². The number of hydrogen-bond acceptors (Lipinski definition) is 5. The molecule has 0 radical (unpaired) electrons. The molecule has 0 aliphatic carbocycles. The molecule has 35 heavy (non-hydrogen) atoms. The van der Waals surface area contributed by atoms with E-state index in [2.05, 4.69) is 6.58 Å². The van der Waals surface area contributed by atoms with Crippen molar-refractivity contribution in [3.05, 3.63) is 41.7 Å². The van der Waals surface area contributed by atoms with E-state index in [1.54, 1.807) is 32.9 Å². The third-order valence-electron chi connectivity index (χ3n) is 7.01. The highest BCUT2D eigenvalue weighted by Crippen LogP contribution is 2.44. The number of rotatable bonds is 9. The molecule has 1 aromatic carbocycles. The Hall–Kier alpha value is -1.81. The molecule has 0 aromatic heterocycles. The second-order valence-corrected chi connectivity index (χ2v) is 12.3. The van der Waals surface area contributed by atoms with Gasteiger partial charge in [0.15, 0.2) is 11.9 Å². The van der Waals surface area contributed by atoms with Crippen LogP contribution in [0.3, 0.4) is 0 Å². The summed E-state index contributed by atoms with van der Waals surface area (Å²) in [5.41, 5.74) is 1.24. The summed E-state index contributed by atoms with van der Waals surface area (Å²) < 4.78 is 43.6. The van der Waals surface area contributed by atoms with Crippen molar-refractivity contribution in [2.75, 3.05) is 26.3 Å². The van der Waals surface area contributed by atoms with Gasteiger partial charge in [0.2, 0.25) is 0 Å². The fraction of sp³-hybridized carbons (Fsp3) is 0.654. The van der Waals surface area contributed by atoms with Crippen LogP contribution in [0.25, 0.3) is 0 Å². The average Bonchev–Trinajstić information content (AvgIpc) is 3.17. The van der Waals surface area contributed by atoms with Gasteiger partial charge in [-0.2, -0.15) is 0 Å². The molecule has 2 fully saturated rings. The molecule has 2 aliphatic heterocycles. The van der Waals surface area contributed by atoms with Crippen molar-refractivity contribution in [1.82, 2.24) is 4.90 Å². The van der Waals surface area contributed by atoms with Crippen molar-refractivity contribution in [3.63, 3.8) is 0 Å². The topological polar surface area (TPSA) is 91.1 Å². The second-order valence-electron chi connectivity index (χ2n) is 10.6. The highest BCUT2D eigenvalue weighted by atomic mass is 32.2. The average molecular weight is 511 g/mol. The number of nitrogens with two attached hydrogens (primary N) is 1. The van der Waals surface area contributed by atoms with E-state index in [1.165, 1.54) is 6.07 Å². The minimum atomic E-state index is -1.57. The molecular weight excluding hydrogens is 471 g/mol. The van der Waals surface area contributed by atoms with E-state index >= 15 is 0 Å². The smallest absolute Gasteiger partial charge is 0.254 e. The quantitative estimate of drug-likeness (QED) is 0.508. The standard InChI is InChI=1S/C26H39FN2O5S/c1-7-12-32-22-13-17(2)21(27)14-19(22)20(15-25(3,4)35(28)31)18-8-10-29(11-9-18)24(30)23-16-33-26(5,6)34-23/h7,13-14,18,20,23H,1,8-12,15-16,28H2,2-6H3/t20-,23+,35?/m0/s1. The Morgan fingerprint density at radius 2 is 2.06 bits per heavy atom. The summed E-state index contributed by atoms with van der Waals surface area (Å²) in [6.07, 6.45) is 2.99. The van der Waals surface area contributed by atoms with Crippen LogP contribution in [0.5, 0.6) is 5.75 Å². The minimum Gasteiger partial charge on any atom is -0.489 e. The van der Waals surface area contributed by atoms with E-state index in [0.29, 0.717) is 37.4 Å². The number of aryl methyl sites for hydroxylation is 1. The summed E-state index contributed by atoms with van der Waals surface area (Å²) in [4.78, 5) is 14.8. The van der Waals surface area contributed by atoms with Gasteiger partial charge in [-0.15, -0.1) is 0 Å². The summed E-state index contributed by atoms with van der Waals surface area (Å²) in [7, 11) is -1.57. The van der Waals surface area contributed by atoms with Crippen LogP contribution in [0.4, 0.5) is 4.39 Å². The molecule has 1 aromatic rings. The van der Waals surface area contributed by atoms with Crippen LogP contribution in [0.15, 0.2) is 24.8 Å². The van der Waals surface area contributed by atoms with Crippen molar-refractivity contribution in [2.24, 2.45) is 11.1 Å². The number of halogens is 1. The lowest BCUT2D eigenvalue weighted by atomic mass is 9.75. The fourth-order valence-electron chi connectivity index (χ4n) is 4.91. The Kier molecular flexibility index (Phi) is 8.78. The third kappa shape index (κ3) is 6.70. The number of ether oxygens (including phenoxy) is 3. The molecule has 2 N–H and O–H groups in total. The first-order chi connectivity index (χ1) is 16.3. The van der Waals surface area contributed by atoms with Crippen LogP contribution in [0.1, 0.15) is 64.0 Å². The number of piperidine rings is 1. The fourth-order valence-corrected chi connectivity index (χ4v) is 5.25. The number of carbonyl (C=O) groups excluding carboxylic acids is 1. The zero-order chi connectivity index (χ0) is 26.0. The van der Waals surface area contributed by atoms with Gasteiger partial charge in [-0.25, -0.2) is 8.60 Å². The molecule has 2 saturated heterocycles. The first kappa shape index (κ1) is 27.8. The summed E-state index contributed by atoms with van der Waals surface area (Å²) in [6, 6.07) is 3.25. The molecule has 196 valence electrons. The molecule has 2 aliphatic rings. The Morgan fingerprint density at radius 3 is 2.60 bits per heavy atom. The predicted molar refractivity (Wildman–Crippen MR) is 135 cm³/mol. The monoisotopic (exact) mass is 510 g/mol. The van der Waals surface area contributed by atoms with Crippen LogP contribution in [-0.4, -0.2) is 58.0 Å². The summed E-state index contributed by atoms with van der Waals surface area (Å²) >= 11 is 0. The van der Waals surface area contributed by atoms with Crippen molar-refractivity contribution in [1.29, 1.82) is 0 Å². The number of nitrogens with zero attached hydrogens (tertiary/aromatic N) is 1. The van der Waals surface area contributed by atoms with Crippen LogP contribution in [0.2, 0.25) is 0 Å². The van der Waals surface area contributed by atoms with Crippen molar-refractivity contribution >= 4 is 16.9 Å². The van der Waals surface area contributed by atoms with Gasteiger partial charge in [-0.1, -0.05) is 12.7 Å². The SMILES string of the molecule is C=CCOc1cc(C)c(F)cc1[C@@H](CC(C)(C)S(N)=O)C1CCN(C(=O)[C@H]2COC(C)(C)O2)CC1. The maximum atomic E-state index is 14.8. The molecular formula is C26H39FN2O5S. The van der Waals surface area contributed by atoms with Gasteiger partial charge in [-0.05, 0) is 83.4 Å². The lowest BCUT2D eigenvalue weighted by molar-refractivity contribution is -0.161. The lowest BCUT2D eigenvalue weighted by Gasteiger charge is -2.39. The van der Waals surface area contributed by atoms with E-state index in [0.717, 1.165) is 18.4 Å². The molecule has 1 amide bonds. The number of likely N-dealkylation sites (tertiary alicyclic amines) is 1. The van der Waals surface area contributed by atoms with Gasteiger partial charge in [-0.3, -0.25) is 9.93 Å². The number of benzene rings is 1. The predicted octanol–water partition coefficient (Wildman–Crippen LogP) is 3.96. The number of amides is 1. The maximum absolute atomic E-state index is 14.8. The Bertz CT molecular complexity index is 959. The van der Waals surface area contributed by atoms with Crippen LogP contribution in [-0.2, 0) is 25.3 Å². The first-order valence-electron chi connectivity index (χ1n) is 12.1. The van der Waals surface area contributed by atoms with E-state index < -0.39 is 27.6 Å². The van der Waals surface area contributed by atoms with Gasteiger partial charge in [0.1, 0.15) is 18.2 Å². The molecule has 0 bridgehead atoms. The number of carbonyl (C=O) groups is 1. The van der Waals surface area contributed by atoms with Crippen molar-refractivity contribution < 1.29 is 27.6 Å². The Balaban J connectivity index is 1.84. The normalized spacial score (nSPS) is 22.6. The van der Waals surface area contributed by atoms with Crippen molar-refractivity contribution in [2.45, 2.75) is 76.4 Å². The Morgan fingerprint density at radius 1 is 1.40 bits per heavy atom. The molecule has 3 rings (SSSR count). The van der Waals surface area contributed by atoms with Crippen LogP contribution >= 0.6 is 0 Å². The van der Waals surface area contributed by atoms with Crippen LogP contribution in [0, 0.1) is 18.7 Å². The van der Waals surface area contributed by atoms with Gasteiger partial charge in [0.25, 0.3) is 5.91 Å². The zero-order valence-corrected chi connectivity index (χ0v) is 22.3. The Labute approximate surface area is 210 Å². The minimum absolute atomic E-state index is 0.0645. The largest absolute Gasteiger partial charge is 0.489 e. The van der Waals surface area contributed by atoms with Gasteiger partial charge in [0.05, 0.1) is 22.3 Å². The second kappa shape index (κ2) is 11.1. The summed E-state index contributed by atoms with van der Waals surface area (Å²) in [5, 5.41) is 5.83. The molecule has 0 saturated carbocycles. The molecule has 3 atom stereocenters. The molecule has 7 nitrogen and oxygen atoms in total. The summed E-state index contributed by atoms with van der Waals surface area (Å²) in [6.45, 7) is 14.4. The number of hydrogen-bond donors (Lipinski definition) is 1. The summed E-state index contributed by atoms with van der Waals surface area (Å²) in [5.74, 6) is -0.543. The molecule has 1 unspecified atom stereocenters. The van der Waals surface area contributed by atoms with E-state index in [-0.39, 0.29) is 30.2 Å². The molecule has 2 heterocycles. The third-order valence-corrected chi connectivity index (χ3v) is 8.26. The zero-order valence-electron chi connectivity index (χ0n) is 21.5. The maximum Gasteiger partial charge on any atom is 0.254 e. The highest BCUT2D eigenvalue weighted by molar-refractivity contribution is 7.84.